The molecule has 0 spiro atoms. The van der Waals surface area contributed by atoms with Crippen LogP contribution in [-0.4, -0.2) is 23.1 Å². The Morgan fingerprint density at radius 1 is 1.07 bits per heavy atom. The number of anilines is 1. The first-order valence-electron chi connectivity index (χ1n) is 9.14. The quantitative estimate of drug-likeness (QED) is 0.721. The van der Waals surface area contributed by atoms with Gasteiger partial charge in [-0.15, -0.1) is 0 Å². The summed E-state index contributed by atoms with van der Waals surface area (Å²) >= 11 is 6.27. The van der Waals surface area contributed by atoms with Gasteiger partial charge in [0.25, 0.3) is 0 Å². The van der Waals surface area contributed by atoms with Crippen LogP contribution in [0.3, 0.4) is 0 Å². The molecule has 1 atom stereocenters. The fourth-order valence-electron chi connectivity index (χ4n) is 3.63. The van der Waals surface area contributed by atoms with E-state index in [1.165, 1.54) is 0 Å². The van der Waals surface area contributed by atoms with E-state index in [2.05, 4.69) is 16.0 Å². The van der Waals surface area contributed by atoms with Crippen molar-refractivity contribution in [2.75, 3.05) is 11.4 Å². The van der Waals surface area contributed by atoms with Crippen LogP contribution in [0.25, 0.3) is 5.69 Å². The zero-order chi connectivity index (χ0) is 19.0. The molecule has 0 radical (unpaired) electrons. The third-order valence-electron chi connectivity index (χ3n) is 4.81. The summed E-state index contributed by atoms with van der Waals surface area (Å²) < 4.78 is 2.15. The standard InChI is InChI=1S/C22H22ClN3O/c1-15(2)24-14-21(27)26-19-10-4-3-9-18(19)25-12-6-11-20(25)22(26)16-7-5-8-17(23)13-16/h3-13,15,22,24H,14H2,1-2H3. The molecule has 2 aromatic carbocycles. The molecule has 1 N–H and O–H groups in total. The molecule has 5 heteroatoms. The van der Waals surface area contributed by atoms with Gasteiger partial charge in [-0.3, -0.25) is 9.69 Å². The van der Waals surface area contributed by atoms with E-state index in [1.807, 2.05) is 79.5 Å². The monoisotopic (exact) mass is 379 g/mol. The number of fused-ring (bicyclic) bond motifs is 3. The van der Waals surface area contributed by atoms with E-state index in [4.69, 9.17) is 11.6 Å². The van der Waals surface area contributed by atoms with Crippen molar-refractivity contribution in [2.45, 2.75) is 25.9 Å². The summed E-state index contributed by atoms with van der Waals surface area (Å²) in [5.41, 5.74) is 3.96. The SMILES string of the molecule is CC(C)NCC(=O)N1c2ccccc2-n2cccc2C1c1cccc(Cl)c1. The molecule has 1 aromatic heterocycles. The van der Waals surface area contributed by atoms with Crippen molar-refractivity contribution in [3.63, 3.8) is 0 Å². The number of para-hydroxylation sites is 2. The minimum absolute atomic E-state index is 0.0357. The van der Waals surface area contributed by atoms with E-state index >= 15 is 0 Å². The van der Waals surface area contributed by atoms with Crippen LogP contribution >= 0.6 is 11.6 Å². The molecular formula is C22H22ClN3O. The van der Waals surface area contributed by atoms with E-state index < -0.39 is 0 Å². The van der Waals surface area contributed by atoms with Crippen molar-refractivity contribution >= 4 is 23.2 Å². The van der Waals surface area contributed by atoms with E-state index in [-0.39, 0.29) is 24.5 Å². The summed E-state index contributed by atoms with van der Waals surface area (Å²) in [7, 11) is 0. The van der Waals surface area contributed by atoms with Gasteiger partial charge < -0.3 is 9.88 Å². The molecule has 4 rings (SSSR count). The maximum Gasteiger partial charge on any atom is 0.241 e. The number of carbonyl (C=O) groups is 1. The Balaban J connectivity index is 1.87. The molecule has 0 saturated carbocycles. The van der Waals surface area contributed by atoms with Crippen LogP contribution in [-0.2, 0) is 4.79 Å². The second-order valence-corrected chi connectivity index (χ2v) is 7.49. The molecule has 1 aliphatic rings. The molecule has 0 saturated heterocycles. The minimum Gasteiger partial charge on any atom is -0.316 e. The second-order valence-electron chi connectivity index (χ2n) is 7.05. The largest absolute Gasteiger partial charge is 0.316 e. The van der Waals surface area contributed by atoms with Crippen molar-refractivity contribution in [1.82, 2.24) is 9.88 Å². The lowest BCUT2D eigenvalue weighted by molar-refractivity contribution is -0.118. The summed E-state index contributed by atoms with van der Waals surface area (Å²) in [5.74, 6) is 0.0357. The maximum absolute atomic E-state index is 13.3. The summed E-state index contributed by atoms with van der Waals surface area (Å²) in [6, 6.07) is 19.9. The second kappa shape index (κ2) is 7.22. The highest BCUT2D eigenvalue weighted by Crippen LogP contribution is 2.42. The van der Waals surface area contributed by atoms with E-state index in [0.717, 1.165) is 22.6 Å². The Kier molecular flexibility index (Phi) is 4.77. The number of halogens is 1. The molecule has 27 heavy (non-hydrogen) atoms. The maximum atomic E-state index is 13.3. The Morgan fingerprint density at radius 3 is 2.59 bits per heavy atom. The van der Waals surface area contributed by atoms with Crippen LogP contribution in [0.15, 0.2) is 66.9 Å². The first-order chi connectivity index (χ1) is 13.1. The van der Waals surface area contributed by atoms with Gasteiger partial charge in [0.05, 0.1) is 23.6 Å². The van der Waals surface area contributed by atoms with Crippen LogP contribution in [0.2, 0.25) is 5.02 Å². The van der Waals surface area contributed by atoms with Crippen molar-refractivity contribution in [2.24, 2.45) is 0 Å². The molecule has 2 heterocycles. The van der Waals surface area contributed by atoms with Crippen molar-refractivity contribution < 1.29 is 4.79 Å². The van der Waals surface area contributed by atoms with Gasteiger partial charge in [0, 0.05) is 17.3 Å². The molecule has 1 aliphatic heterocycles. The third kappa shape index (κ3) is 3.27. The summed E-state index contributed by atoms with van der Waals surface area (Å²) in [5, 5.41) is 3.91. The van der Waals surface area contributed by atoms with Crippen LogP contribution in [0.1, 0.15) is 31.1 Å². The molecule has 0 bridgehead atoms. The first kappa shape index (κ1) is 17.8. The van der Waals surface area contributed by atoms with E-state index in [0.29, 0.717) is 5.02 Å². The molecule has 138 valence electrons. The molecule has 1 unspecified atom stereocenters. The predicted octanol–water partition coefficient (Wildman–Crippen LogP) is 4.56. The Bertz CT molecular complexity index is 979. The normalized spacial score (nSPS) is 15.6. The molecule has 1 amide bonds. The molecule has 3 aromatic rings. The van der Waals surface area contributed by atoms with Gasteiger partial charge in [-0.1, -0.05) is 49.7 Å². The molecule has 4 nitrogen and oxygen atoms in total. The predicted molar refractivity (Wildman–Crippen MR) is 110 cm³/mol. The minimum atomic E-state index is -0.227. The molecule has 0 aliphatic carbocycles. The highest BCUT2D eigenvalue weighted by Gasteiger charge is 2.35. The van der Waals surface area contributed by atoms with Crippen molar-refractivity contribution in [3.8, 4) is 5.69 Å². The van der Waals surface area contributed by atoms with Gasteiger partial charge in [-0.2, -0.15) is 0 Å². The topological polar surface area (TPSA) is 37.3 Å². The fourth-order valence-corrected chi connectivity index (χ4v) is 3.83. The Morgan fingerprint density at radius 2 is 1.85 bits per heavy atom. The van der Waals surface area contributed by atoms with Crippen LogP contribution in [0, 0.1) is 0 Å². The smallest absolute Gasteiger partial charge is 0.241 e. The lowest BCUT2D eigenvalue weighted by atomic mass is 9.97. The van der Waals surface area contributed by atoms with Gasteiger partial charge in [-0.05, 0) is 42.0 Å². The van der Waals surface area contributed by atoms with E-state index in [9.17, 15) is 4.79 Å². The number of benzene rings is 2. The first-order valence-corrected chi connectivity index (χ1v) is 9.51. The van der Waals surface area contributed by atoms with E-state index in [1.54, 1.807) is 0 Å². The van der Waals surface area contributed by atoms with Crippen molar-refractivity contribution in [3.05, 3.63) is 83.1 Å². The van der Waals surface area contributed by atoms with Crippen LogP contribution in [0.4, 0.5) is 5.69 Å². The van der Waals surface area contributed by atoms with Crippen molar-refractivity contribution in [1.29, 1.82) is 0 Å². The summed E-state index contributed by atoms with van der Waals surface area (Å²) in [6.07, 6.45) is 2.04. The number of nitrogens with zero attached hydrogens (tertiary/aromatic N) is 2. The number of aromatic nitrogens is 1. The zero-order valence-electron chi connectivity index (χ0n) is 15.4. The number of nitrogens with one attached hydrogen (secondary N) is 1. The fraction of sp³-hybridized carbons (Fsp3) is 0.227. The zero-order valence-corrected chi connectivity index (χ0v) is 16.1. The molecule has 0 fully saturated rings. The van der Waals surface area contributed by atoms with Gasteiger partial charge in [0.15, 0.2) is 0 Å². The van der Waals surface area contributed by atoms with Crippen LogP contribution < -0.4 is 10.2 Å². The average molecular weight is 380 g/mol. The third-order valence-corrected chi connectivity index (χ3v) is 5.05. The van der Waals surface area contributed by atoms with Crippen LogP contribution in [0.5, 0.6) is 0 Å². The lowest BCUT2D eigenvalue weighted by Crippen LogP contribution is -2.45. The molecular weight excluding hydrogens is 358 g/mol. The number of hydrogen-bond donors (Lipinski definition) is 1. The summed E-state index contributed by atoms with van der Waals surface area (Å²) in [6.45, 7) is 4.36. The van der Waals surface area contributed by atoms with Gasteiger partial charge in [-0.25, -0.2) is 0 Å². The van der Waals surface area contributed by atoms with Gasteiger partial charge in [0.2, 0.25) is 5.91 Å². The Hall–Kier alpha value is -2.56. The lowest BCUT2D eigenvalue weighted by Gasteiger charge is -2.38. The van der Waals surface area contributed by atoms with Gasteiger partial charge >= 0.3 is 0 Å². The Labute approximate surface area is 164 Å². The number of amides is 1. The number of rotatable bonds is 4. The highest BCUT2D eigenvalue weighted by molar-refractivity contribution is 6.30. The number of hydrogen-bond acceptors (Lipinski definition) is 2. The van der Waals surface area contributed by atoms with Gasteiger partial charge in [0.1, 0.15) is 6.04 Å². The summed E-state index contributed by atoms with van der Waals surface area (Å²) in [4.78, 5) is 15.2. The number of carbonyl (C=O) groups excluding carboxylic acids is 1. The highest BCUT2D eigenvalue weighted by atomic mass is 35.5. The average Bonchev–Trinajstić information content (AvgIpc) is 3.14.